The number of amides is 2. The second-order valence-electron chi connectivity index (χ2n) is 7.15. The molecule has 0 aliphatic heterocycles. The first-order valence-electron chi connectivity index (χ1n) is 8.90. The van der Waals surface area contributed by atoms with E-state index in [1.54, 1.807) is 0 Å². The van der Waals surface area contributed by atoms with Crippen molar-refractivity contribution < 1.29 is 14.5 Å². The van der Waals surface area contributed by atoms with Gasteiger partial charge in [-0.1, -0.05) is 38.1 Å². The maximum absolute atomic E-state index is 11.9. The molecule has 2 amide bonds. The van der Waals surface area contributed by atoms with Crippen LogP contribution in [0.3, 0.4) is 0 Å². The van der Waals surface area contributed by atoms with E-state index in [1.807, 2.05) is 7.05 Å². The lowest BCUT2D eigenvalue weighted by Crippen LogP contribution is -3.11. The van der Waals surface area contributed by atoms with Gasteiger partial charge < -0.3 is 15.5 Å². The SMILES string of the molecule is CC(C)c1ccc(CCNC(=O)C[NH+](C)CC(=O)NC2CC2)cc1. The summed E-state index contributed by atoms with van der Waals surface area (Å²) in [6, 6.07) is 8.93. The molecule has 5 nitrogen and oxygen atoms in total. The molecule has 0 aromatic heterocycles. The lowest BCUT2D eigenvalue weighted by molar-refractivity contribution is -0.862. The molecule has 1 aromatic rings. The van der Waals surface area contributed by atoms with E-state index in [2.05, 4.69) is 48.7 Å². The molecule has 0 heterocycles. The molecule has 0 spiro atoms. The van der Waals surface area contributed by atoms with Crippen LogP contribution in [0, 0.1) is 0 Å². The van der Waals surface area contributed by atoms with Gasteiger partial charge in [-0.05, 0) is 36.3 Å². The molecular weight excluding hydrogens is 302 g/mol. The van der Waals surface area contributed by atoms with Crippen LogP contribution in [0.4, 0.5) is 0 Å². The van der Waals surface area contributed by atoms with Gasteiger partial charge in [0.2, 0.25) is 0 Å². The summed E-state index contributed by atoms with van der Waals surface area (Å²) in [5, 5.41) is 5.88. The lowest BCUT2D eigenvalue weighted by Gasteiger charge is -2.13. The van der Waals surface area contributed by atoms with E-state index < -0.39 is 0 Å². The molecule has 5 heteroatoms. The zero-order valence-electron chi connectivity index (χ0n) is 15.0. The third-order valence-corrected chi connectivity index (χ3v) is 4.25. The van der Waals surface area contributed by atoms with Crippen molar-refractivity contribution in [3.63, 3.8) is 0 Å². The largest absolute Gasteiger partial charge is 0.351 e. The van der Waals surface area contributed by atoms with Crippen LogP contribution in [0.25, 0.3) is 0 Å². The molecule has 0 saturated heterocycles. The molecule has 24 heavy (non-hydrogen) atoms. The molecule has 1 atom stereocenters. The summed E-state index contributed by atoms with van der Waals surface area (Å²) in [5.74, 6) is 0.563. The van der Waals surface area contributed by atoms with Gasteiger partial charge in [0.1, 0.15) is 0 Å². The minimum Gasteiger partial charge on any atom is -0.351 e. The van der Waals surface area contributed by atoms with Crippen molar-refractivity contribution >= 4 is 11.8 Å². The number of hydrogen-bond acceptors (Lipinski definition) is 2. The van der Waals surface area contributed by atoms with Crippen molar-refractivity contribution in [1.29, 1.82) is 0 Å². The van der Waals surface area contributed by atoms with Crippen LogP contribution in [0.2, 0.25) is 0 Å². The van der Waals surface area contributed by atoms with Gasteiger partial charge in [0.05, 0.1) is 7.05 Å². The summed E-state index contributed by atoms with van der Waals surface area (Å²) in [5.41, 5.74) is 2.56. The number of rotatable bonds is 9. The molecule has 1 aliphatic carbocycles. The number of carbonyl (C=O) groups excluding carboxylic acids is 2. The van der Waals surface area contributed by atoms with Crippen LogP contribution >= 0.6 is 0 Å². The van der Waals surface area contributed by atoms with Crippen LogP contribution in [-0.2, 0) is 16.0 Å². The van der Waals surface area contributed by atoms with Gasteiger partial charge in [-0.15, -0.1) is 0 Å². The van der Waals surface area contributed by atoms with Gasteiger partial charge in [0.25, 0.3) is 11.8 Å². The monoisotopic (exact) mass is 332 g/mol. The fourth-order valence-electron chi connectivity index (χ4n) is 2.60. The van der Waals surface area contributed by atoms with Gasteiger partial charge in [-0.3, -0.25) is 9.59 Å². The van der Waals surface area contributed by atoms with Crippen LogP contribution in [0.1, 0.15) is 43.7 Å². The van der Waals surface area contributed by atoms with Crippen molar-refractivity contribution in [2.45, 2.75) is 45.1 Å². The Kier molecular flexibility index (Phi) is 6.79. The Morgan fingerprint density at radius 2 is 1.75 bits per heavy atom. The van der Waals surface area contributed by atoms with Crippen molar-refractivity contribution in [3.8, 4) is 0 Å². The Bertz CT molecular complexity index is 550. The second kappa shape index (κ2) is 8.83. The Labute approximate surface area is 144 Å². The summed E-state index contributed by atoms with van der Waals surface area (Å²) >= 11 is 0. The predicted octanol–water partition coefficient (Wildman–Crippen LogP) is 0.262. The second-order valence-corrected chi connectivity index (χ2v) is 7.15. The number of quaternary nitrogens is 1. The van der Waals surface area contributed by atoms with Crippen LogP contribution < -0.4 is 15.5 Å². The minimum atomic E-state index is -0.00878. The summed E-state index contributed by atoms with van der Waals surface area (Å²) in [4.78, 5) is 24.5. The van der Waals surface area contributed by atoms with Crippen LogP contribution in [-0.4, -0.2) is 44.5 Å². The normalized spacial score (nSPS) is 15.2. The average Bonchev–Trinajstić information content (AvgIpc) is 3.31. The molecule has 1 aliphatic rings. The molecular formula is C19H30N3O2+. The molecule has 3 N–H and O–H groups in total. The number of hydrogen-bond donors (Lipinski definition) is 3. The number of nitrogens with one attached hydrogen (secondary N) is 3. The first-order valence-corrected chi connectivity index (χ1v) is 8.90. The minimum absolute atomic E-state index is 0.00878. The summed E-state index contributed by atoms with van der Waals surface area (Å²) in [7, 11) is 1.87. The van der Waals surface area contributed by atoms with Crippen molar-refractivity contribution in [2.75, 3.05) is 26.7 Å². The average molecular weight is 332 g/mol. The van der Waals surface area contributed by atoms with E-state index in [1.165, 1.54) is 11.1 Å². The predicted molar refractivity (Wildman–Crippen MR) is 95.0 cm³/mol. The number of benzene rings is 1. The van der Waals surface area contributed by atoms with Crippen LogP contribution in [0.15, 0.2) is 24.3 Å². The van der Waals surface area contributed by atoms with Crippen molar-refractivity contribution in [2.24, 2.45) is 0 Å². The van der Waals surface area contributed by atoms with Gasteiger partial charge in [-0.25, -0.2) is 0 Å². The molecule has 1 fully saturated rings. The number of likely N-dealkylation sites (N-methyl/N-ethyl adjacent to an activating group) is 1. The fourth-order valence-corrected chi connectivity index (χ4v) is 2.60. The molecule has 1 aromatic carbocycles. The van der Waals surface area contributed by atoms with E-state index in [-0.39, 0.29) is 11.8 Å². The number of carbonyl (C=O) groups is 2. The highest BCUT2D eigenvalue weighted by molar-refractivity contribution is 5.79. The van der Waals surface area contributed by atoms with Crippen LogP contribution in [0.5, 0.6) is 0 Å². The highest BCUT2D eigenvalue weighted by atomic mass is 16.2. The van der Waals surface area contributed by atoms with E-state index in [4.69, 9.17) is 0 Å². The van der Waals surface area contributed by atoms with Crippen molar-refractivity contribution in [3.05, 3.63) is 35.4 Å². The quantitative estimate of drug-likeness (QED) is 0.608. The Morgan fingerprint density at radius 1 is 1.12 bits per heavy atom. The molecule has 0 bridgehead atoms. The van der Waals surface area contributed by atoms with E-state index in [0.717, 1.165) is 24.2 Å². The maximum Gasteiger partial charge on any atom is 0.275 e. The third-order valence-electron chi connectivity index (χ3n) is 4.25. The van der Waals surface area contributed by atoms with E-state index in [9.17, 15) is 9.59 Å². The summed E-state index contributed by atoms with van der Waals surface area (Å²) in [6.07, 6.45) is 3.00. The third kappa shape index (κ3) is 6.71. The zero-order chi connectivity index (χ0) is 17.5. The molecule has 2 rings (SSSR count). The standard InChI is InChI=1S/C19H29N3O2/c1-14(2)16-6-4-15(5-7-16)10-11-20-18(23)12-22(3)13-19(24)21-17-8-9-17/h4-7,14,17H,8-13H2,1-3H3,(H,20,23)(H,21,24)/p+1. The smallest absolute Gasteiger partial charge is 0.275 e. The Hall–Kier alpha value is -1.88. The first-order chi connectivity index (χ1) is 11.4. The van der Waals surface area contributed by atoms with E-state index >= 15 is 0 Å². The highest BCUT2D eigenvalue weighted by Gasteiger charge is 2.24. The fraction of sp³-hybridized carbons (Fsp3) is 0.579. The topological polar surface area (TPSA) is 62.6 Å². The maximum atomic E-state index is 11.9. The molecule has 1 saturated carbocycles. The lowest BCUT2D eigenvalue weighted by atomic mass is 10.0. The molecule has 1 unspecified atom stereocenters. The first kappa shape index (κ1) is 18.5. The van der Waals surface area contributed by atoms with Gasteiger partial charge in [0, 0.05) is 12.6 Å². The van der Waals surface area contributed by atoms with Crippen molar-refractivity contribution in [1.82, 2.24) is 10.6 Å². The van der Waals surface area contributed by atoms with Gasteiger partial charge in [0.15, 0.2) is 13.1 Å². The Morgan fingerprint density at radius 3 is 2.33 bits per heavy atom. The highest BCUT2D eigenvalue weighted by Crippen LogP contribution is 2.18. The Balaban J connectivity index is 1.62. The zero-order valence-corrected chi connectivity index (χ0v) is 15.0. The van der Waals surface area contributed by atoms with Gasteiger partial charge >= 0.3 is 0 Å². The van der Waals surface area contributed by atoms with Gasteiger partial charge in [-0.2, -0.15) is 0 Å². The molecule has 0 radical (unpaired) electrons. The molecule has 132 valence electrons. The van der Waals surface area contributed by atoms with E-state index in [0.29, 0.717) is 31.6 Å². The summed E-state index contributed by atoms with van der Waals surface area (Å²) < 4.78 is 0. The summed E-state index contributed by atoms with van der Waals surface area (Å²) in [6.45, 7) is 5.66.